The van der Waals surface area contributed by atoms with Crippen LogP contribution in [0.1, 0.15) is 30.9 Å². The molecule has 140 valence electrons. The van der Waals surface area contributed by atoms with Crippen molar-refractivity contribution in [1.82, 2.24) is 10.3 Å². The Bertz CT molecular complexity index is 777. The van der Waals surface area contributed by atoms with Gasteiger partial charge in [-0.1, -0.05) is 25.1 Å². The summed E-state index contributed by atoms with van der Waals surface area (Å²) in [6, 6.07) is 6.09. The number of aryl methyl sites for hydroxylation is 1. The van der Waals surface area contributed by atoms with Crippen LogP contribution in [-0.2, 0) is 27.2 Å². The Labute approximate surface area is 152 Å². The number of H-pyrrole nitrogens is 1. The van der Waals surface area contributed by atoms with Gasteiger partial charge in [0.1, 0.15) is 0 Å². The molecule has 3 rings (SSSR count). The number of benzene rings is 1. The first-order chi connectivity index (χ1) is 12.6. The minimum atomic E-state index is -0.850. The molecule has 1 aliphatic heterocycles. The molecule has 1 saturated heterocycles. The molecule has 2 aromatic rings. The van der Waals surface area contributed by atoms with E-state index < -0.39 is 11.9 Å². The van der Waals surface area contributed by atoms with Crippen LogP contribution in [0.25, 0.3) is 10.9 Å². The molecule has 0 bridgehead atoms. The fourth-order valence-electron chi connectivity index (χ4n) is 3.75. The number of aliphatic carboxylic acids is 1. The van der Waals surface area contributed by atoms with Gasteiger partial charge in [-0.3, -0.25) is 9.59 Å². The highest BCUT2D eigenvalue weighted by Crippen LogP contribution is 2.24. The molecule has 2 heterocycles. The lowest BCUT2D eigenvalue weighted by Crippen LogP contribution is -2.39. The van der Waals surface area contributed by atoms with Gasteiger partial charge in [0.25, 0.3) is 0 Å². The van der Waals surface area contributed by atoms with E-state index in [0.29, 0.717) is 13.2 Å². The number of nitrogens with one attached hydrogen (secondary N) is 2. The van der Waals surface area contributed by atoms with Crippen LogP contribution in [0.5, 0.6) is 0 Å². The van der Waals surface area contributed by atoms with Gasteiger partial charge in [-0.25, -0.2) is 0 Å². The molecule has 1 unspecified atom stereocenters. The van der Waals surface area contributed by atoms with Crippen molar-refractivity contribution < 1.29 is 19.4 Å². The van der Waals surface area contributed by atoms with Crippen LogP contribution >= 0.6 is 0 Å². The van der Waals surface area contributed by atoms with Crippen LogP contribution in [0.3, 0.4) is 0 Å². The molecule has 0 saturated carbocycles. The number of hydrogen-bond acceptors (Lipinski definition) is 3. The molecule has 0 spiro atoms. The molecular formula is C20H26N2O4. The lowest BCUT2D eigenvalue weighted by atomic mass is 9.86. The second-order valence-corrected chi connectivity index (χ2v) is 6.88. The number of rotatable bonds is 7. The Kier molecular flexibility index (Phi) is 5.93. The second kappa shape index (κ2) is 8.36. The molecule has 0 aliphatic carbocycles. The lowest BCUT2D eigenvalue weighted by molar-refractivity contribution is -0.144. The first-order valence-corrected chi connectivity index (χ1v) is 9.25. The van der Waals surface area contributed by atoms with Crippen LogP contribution in [0.4, 0.5) is 0 Å². The molecule has 1 fully saturated rings. The third kappa shape index (κ3) is 4.07. The molecule has 1 aromatic carbocycles. The predicted octanol–water partition coefficient (Wildman–Crippen LogP) is 2.52. The van der Waals surface area contributed by atoms with E-state index in [-0.39, 0.29) is 24.8 Å². The zero-order valence-electron chi connectivity index (χ0n) is 15.1. The summed E-state index contributed by atoms with van der Waals surface area (Å²) in [6.45, 7) is 3.46. The Morgan fingerprint density at radius 3 is 2.77 bits per heavy atom. The van der Waals surface area contributed by atoms with E-state index in [4.69, 9.17) is 4.74 Å². The van der Waals surface area contributed by atoms with Gasteiger partial charge >= 0.3 is 5.97 Å². The Morgan fingerprint density at radius 1 is 1.31 bits per heavy atom. The maximum atomic E-state index is 12.4. The maximum absolute atomic E-state index is 12.4. The number of carbonyl (C=O) groups excluding carboxylic acids is 1. The zero-order chi connectivity index (χ0) is 18.5. The number of hydrogen-bond donors (Lipinski definition) is 3. The number of ether oxygens (including phenoxy) is 1. The van der Waals surface area contributed by atoms with Crippen LogP contribution in [0.2, 0.25) is 0 Å². The van der Waals surface area contributed by atoms with Gasteiger partial charge in [-0.15, -0.1) is 0 Å². The normalized spacial score (nSPS) is 16.5. The summed E-state index contributed by atoms with van der Waals surface area (Å²) in [5, 5.41) is 13.4. The van der Waals surface area contributed by atoms with Crippen molar-refractivity contribution in [2.75, 3.05) is 19.8 Å². The minimum absolute atomic E-state index is 0.0572. The average molecular weight is 358 g/mol. The molecule has 3 N–H and O–H groups in total. The predicted molar refractivity (Wildman–Crippen MR) is 99.1 cm³/mol. The van der Waals surface area contributed by atoms with Gasteiger partial charge in [-0.05, 0) is 36.3 Å². The van der Waals surface area contributed by atoms with Crippen LogP contribution in [0, 0.1) is 11.8 Å². The summed E-state index contributed by atoms with van der Waals surface area (Å²) >= 11 is 0. The van der Waals surface area contributed by atoms with Gasteiger partial charge in [0.15, 0.2) is 0 Å². The number of aromatic nitrogens is 1. The van der Waals surface area contributed by atoms with Crippen molar-refractivity contribution in [2.24, 2.45) is 11.8 Å². The first kappa shape index (κ1) is 18.5. The van der Waals surface area contributed by atoms with E-state index >= 15 is 0 Å². The summed E-state index contributed by atoms with van der Waals surface area (Å²) in [5.74, 6) is -1.50. The smallest absolute Gasteiger partial charge is 0.308 e. The van der Waals surface area contributed by atoms with Crippen molar-refractivity contribution in [3.63, 3.8) is 0 Å². The lowest BCUT2D eigenvalue weighted by Gasteiger charge is -2.27. The summed E-state index contributed by atoms with van der Waals surface area (Å²) in [7, 11) is 0. The fourth-order valence-corrected chi connectivity index (χ4v) is 3.75. The molecule has 1 aliphatic rings. The highest BCUT2D eigenvalue weighted by molar-refractivity contribution is 5.90. The van der Waals surface area contributed by atoms with Gasteiger partial charge in [0, 0.05) is 36.9 Å². The SMILES string of the molecule is CCc1cccc2c(CC(=O)NCC(C(=O)O)C3CCOCC3)c[nH]c12. The third-order valence-corrected chi connectivity index (χ3v) is 5.29. The number of aromatic amines is 1. The van der Waals surface area contributed by atoms with Crippen molar-refractivity contribution in [1.29, 1.82) is 0 Å². The Balaban J connectivity index is 1.62. The number of amides is 1. The fraction of sp³-hybridized carbons (Fsp3) is 0.500. The monoisotopic (exact) mass is 358 g/mol. The summed E-state index contributed by atoms with van der Waals surface area (Å²) in [5.41, 5.74) is 3.23. The van der Waals surface area contributed by atoms with E-state index in [0.717, 1.165) is 35.7 Å². The van der Waals surface area contributed by atoms with Crippen molar-refractivity contribution in [3.05, 3.63) is 35.5 Å². The number of carboxylic acids is 1. The highest BCUT2D eigenvalue weighted by atomic mass is 16.5. The summed E-state index contributed by atoms with van der Waals surface area (Å²) < 4.78 is 5.30. The van der Waals surface area contributed by atoms with E-state index in [9.17, 15) is 14.7 Å². The third-order valence-electron chi connectivity index (χ3n) is 5.29. The molecule has 6 nitrogen and oxygen atoms in total. The number of para-hydroxylation sites is 1. The number of carboxylic acid groups (broad SMARTS) is 1. The standard InChI is InChI=1S/C20H26N2O4/c1-2-13-4-3-5-16-15(11-22-19(13)16)10-18(23)21-12-17(20(24)25)14-6-8-26-9-7-14/h3-5,11,14,17,22H,2,6-10,12H2,1H3,(H,21,23)(H,24,25). The first-order valence-electron chi connectivity index (χ1n) is 9.25. The molecule has 1 amide bonds. The molecule has 0 radical (unpaired) electrons. The van der Waals surface area contributed by atoms with Gasteiger partial charge < -0.3 is 20.1 Å². The molecule has 1 atom stereocenters. The van der Waals surface area contributed by atoms with Gasteiger partial charge in [0.05, 0.1) is 12.3 Å². The zero-order valence-corrected chi connectivity index (χ0v) is 15.1. The molecule has 6 heteroatoms. The summed E-state index contributed by atoms with van der Waals surface area (Å²) in [4.78, 5) is 27.2. The topological polar surface area (TPSA) is 91.4 Å². The van der Waals surface area contributed by atoms with Crippen molar-refractivity contribution in [3.8, 4) is 0 Å². The van der Waals surface area contributed by atoms with E-state index in [1.165, 1.54) is 5.56 Å². The van der Waals surface area contributed by atoms with Crippen LogP contribution < -0.4 is 5.32 Å². The quantitative estimate of drug-likeness (QED) is 0.709. The van der Waals surface area contributed by atoms with Crippen molar-refractivity contribution >= 4 is 22.8 Å². The maximum Gasteiger partial charge on any atom is 0.308 e. The van der Waals surface area contributed by atoms with Gasteiger partial charge in [-0.2, -0.15) is 0 Å². The van der Waals surface area contributed by atoms with Crippen LogP contribution in [0.15, 0.2) is 24.4 Å². The van der Waals surface area contributed by atoms with Crippen molar-refractivity contribution in [2.45, 2.75) is 32.6 Å². The average Bonchev–Trinajstić information content (AvgIpc) is 3.05. The Morgan fingerprint density at radius 2 is 2.08 bits per heavy atom. The number of carbonyl (C=O) groups is 2. The molecule has 1 aromatic heterocycles. The van der Waals surface area contributed by atoms with E-state index in [2.05, 4.69) is 23.3 Å². The number of fused-ring (bicyclic) bond motifs is 1. The van der Waals surface area contributed by atoms with E-state index in [1.807, 2.05) is 18.3 Å². The summed E-state index contributed by atoms with van der Waals surface area (Å²) in [6.07, 6.45) is 4.50. The van der Waals surface area contributed by atoms with Gasteiger partial charge in [0.2, 0.25) is 5.91 Å². The Hall–Kier alpha value is -2.34. The molecule has 26 heavy (non-hydrogen) atoms. The molecular weight excluding hydrogens is 332 g/mol. The second-order valence-electron chi connectivity index (χ2n) is 6.88. The minimum Gasteiger partial charge on any atom is -0.481 e. The highest BCUT2D eigenvalue weighted by Gasteiger charge is 2.30. The van der Waals surface area contributed by atoms with Crippen LogP contribution in [-0.4, -0.2) is 41.7 Å². The largest absolute Gasteiger partial charge is 0.481 e. The van der Waals surface area contributed by atoms with E-state index in [1.54, 1.807) is 0 Å².